The molecule has 2 aromatic carbocycles. The van der Waals surface area contributed by atoms with Gasteiger partial charge in [-0.05, 0) is 49.7 Å². The first-order chi connectivity index (χ1) is 10.1. The van der Waals surface area contributed by atoms with Gasteiger partial charge in [-0.2, -0.15) is 0 Å². The number of benzene rings is 2. The molecule has 0 spiro atoms. The van der Waals surface area contributed by atoms with Gasteiger partial charge in [-0.3, -0.25) is 15.1 Å². The average molecular weight is 284 g/mol. The SMILES string of the molecule is CCOc1ccc(C=Nc2cccc([N+](=O)[O-])c2C)cc1. The van der Waals surface area contributed by atoms with Gasteiger partial charge in [-0.1, -0.05) is 6.07 Å². The van der Waals surface area contributed by atoms with Gasteiger partial charge in [-0.15, -0.1) is 0 Å². The van der Waals surface area contributed by atoms with Gasteiger partial charge in [-0.25, -0.2) is 0 Å². The summed E-state index contributed by atoms with van der Waals surface area (Å²) in [7, 11) is 0. The van der Waals surface area contributed by atoms with Crippen molar-refractivity contribution in [1.82, 2.24) is 0 Å². The highest BCUT2D eigenvalue weighted by atomic mass is 16.6. The Balaban J connectivity index is 2.21. The molecular weight excluding hydrogens is 268 g/mol. The summed E-state index contributed by atoms with van der Waals surface area (Å²) >= 11 is 0. The van der Waals surface area contributed by atoms with Crippen LogP contribution in [-0.2, 0) is 0 Å². The van der Waals surface area contributed by atoms with Gasteiger partial charge in [0.2, 0.25) is 0 Å². The summed E-state index contributed by atoms with van der Waals surface area (Å²) in [6.45, 7) is 4.25. The number of rotatable bonds is 5. The quantitative estimate of drug-likeness (QED) is 0.472. The van der Waals surface area contributed by atoms with E-state index in [1.54, 1.807) is 25.3 Å². The molecule has 5 nitrogen and oxygen atoms in total. The number of nitro groups is 1. The summed E-state index contributed by atoms with van der Waals surface area (Å²) in [5, 5.41) is 10.9. The zero-order valence-electron chi connectivity index (χ0n) is 11.9. The zero-order chi connectivity index (χ0) is 15.2. The van der Waals surface area contributed by atoms with Crippen LogP contribution in [0.4, 0.5) is 11.4 Å². The lowest BCUT2D eigenvalue weighted by atomic mass is 10.1. The second-order valence-electron chi connectivity index (χ2n) is 4.44. The third kappa shape index (κ3) is 3.66. The molecule has 5 heteroatoms. The molecule has 0 amide bonds. The number of aliphatic imine (C=N–C) groups is 1. The molecule has 108 valence electrons. The molecule has 0 saturated carbocycles. The molecule has 0 aromatic heterocycles. The van der Waals surface area contributed by atoms with Crippen molar-refractivity contribution in [2.45, 2.75) is 13.8 Å². The highest BCUT2D eigenvalue weighted by molar-refractivity contribution is 5.82. The molecule has 2 rings (SSSR count). The van der Waals surface area contributed by atoms with E-state index in [2.05, 4.69) is 4.99 Å². The van der Waals surface area contributed by atoms with Crippen molar-refractivity contribution in [3.8, 4) is 5.75 Å². The highest BCUT2D eigenvalue weighted by Crippen LogP contribution is 2.27. The van der Waals surface area contributed by atoms with E-state index in [1.807, 2.05) is 31.2 Å². The molecule has 0 aliphatic carbocycles. The molecule has 0 atom stereocenters. The molecule has 0 aliphatic rings. The molecule has 0 aliphatic heterocycles. The number of hydrogen-bond acceptors (Lipinski definition) is 4. The monoisotopic (exact) mass is 284 g/mol. The second-order valence-corrected chi connectivity index (χ2v) is 4.44. The summed E-state index contributed by atoms with van der Waals surface area (Å²) in [6.07, 6.45) is 1.68. The fraction of sp³-hybridized carbons (Fsp3) is 0.188. The predicted molar refractivity (Wildman–Crippen MR) is 82.7 cm³/mol. The molecule has 21 heavy (non-hydrogen) atoms. The van der Waals surface area contributed by atoms with Crippen LogP contribution in [0.5, 0.6) is 5.75 Å². The number of nitrogens with zero attached hydrogens (tertiary/aromatic N) is 2. The first-order valence-corrected chi connectivity index (χ1v) is 6.62. The Hall–Kier alpha value is -2.69. The second kappa shape index (κ2) is 6.65. The van der Waals surface area contributed by atoms with Crippen LogP contribution in [0.15, 0.2) is 47.5 Å². The van der Waals surface area contributed by atoms with Crippen molar-refractivity contribution < 1.29 is 9.66 Å². The van der Waals surface area contributed by atoms with Crippen molar-refractivity contribution in [2.24, 2.45) is 4.99 Å². The largest absolute Gasteiger partial charge is 0.494 e. The lowest BCUT2D eigenvalue weighted by molar-refractivity contribution is -0.385. The zero-order valence-corrected chi connectivity index (χ0v) is 11.9. The maximum absolute atomic E-state index is 10.9. The minimum absolute atomic E-state index is 0.0799. The Morgan fingerprint density at radius 3 is 2.57 bits per heavy atom. The molecule has 0 fully saturated rings. The first-order valence-electron chi connectivity index (χ1n) is 6.62. The van der Waals surface area contributed by atoms with Crippen molar-refractivity contribution in [2.75, 3.05) is 6.61 Å². The van der Waals surface area contributed by atoms with E-state index < -0.39 is 4.92 Å². The molecule has 0 saturated heterocycles. The third-order valence-corrected chi connectivity index (χ3v) is 3.02. The predicted octanol–water partition coefficient (Wildman–Crippen LogP) is 4.05. The number of ether oxygens (including phenoxy) is 1. The van der Waals surface area contributed by atoms with Crippen LogP contribution >= 0.6 is 0 Å². The highest BCUT2D eigenvalue weighted by Gasteiger charge is 2.12. The van der Waals surface area contributed by atoms with Crippen molar-refractivity contribution >= 4 is 17.6 Å². The lowest BCUT2D eigenvalue weighted by Gasteiger charge is -2.03. The Morgan fingerprint density at radius 2 is 1.95 bits per heavy atom. The summed E-state index contributed by atoms with van der Waals surface area (Å²) < 4.78 is 5.37. The van der Waals surface area contributed by atoms with Crippen molar-refractivity contribution in [3.63, 3.8) is 0 Å². The summed E-state index contributed by atoms with van der Waals surface area (Å²) in [6, 6.07) is 12.4. The van der Waals surface area contributed by atoms with Crippen LogP contribution in [0.25, 0.3) is 0 Å². The fourth-order valence-electron chi connectivity index (χ4n) is 1.91. The van der Waals surface area contributed by atoms with E-state index in [0.29, 0.717) is 17.9 Å². The Kier molecular flexibility index (Phi) is 4.66. The van der Waals surface area contributed by atoms with Gasteiger partial charge < -0.3 is 4.74 Å². The van der Waals surface area contributed by atoms with Gasteiger partial charge in [0.25, 0.3) is 5.69 Å². The van der Waals surface area contributed by atoms with Crippen LogP contribution in [0.3, 0.4) is 0 Å². The van der Waals surface area contributed by atoms with E-state index in [-0.39, 0.29) is 5.69 Å². The summed E-state index contributed by atoms with van der Waals surface area (Å²) in [5.41, 5.74) is 2.14. The molecule has 2 aromatic rings. The van der Waals surface area contributed by atoms with E-state index >= 15 is 0 Å². The smallest absolute Gasteiger partial charge is 0.274 e. The minimum Gasteiger partial charge on any atom is -0.494 e. The van der Waals surface area contributed by atoms with E-state index in [1.165, 1.54) is 6.07 Å². The van der Waals surface area contributed by atoms with Gasteiger partial charge >= 0.3 is 0 Å². The third-order valence-electron chi connectivity index (χ3n) is 3.02. The number of nitro benzene ring substituents is 1. The first kappa shape index (κ1) is 14.7. The summed E-state index contributed by atoms with van der Waals surface area (Å²) in [5.74, 6) is 0.807. The molecule has 0 radical (unpaired) electrons. The van der Waals surface area contributed by atoms with E-state index in [9.17, 15) is 10.1 Å². The van der Waals surface area contributed by atoms with Crippen molar-refractivity contribution in [3.05, 3.63) is 63.7 Å². The topological polar surface area (TPSA) is 64.7 Å². The van der Waals surface area contributed by atoms with Gasteiger partial charge in [0.15, 0.2) is 0 Å². The van der Waals surface area contributed by atoms with Crippen LogP contribution in [0.1, 0.15) is 18.1 Å². The molecule has 0 N–H and O–H groups in total. The molecule has 0 unspecified atom stereocenters. The number of hydrogen-bond donors (Lipinski definition) is 0. The van der Waals surface area contributed by atoms with Crippen LogP contribution < -0.4 is 4.74 Å². The maximum Gasteiger partial charge on any atom is 0.274 e. The Bertz CT molecular complexity index is 664. The van der Waals surface area contributed by atoms with E-state index in [4.69, 9.17) is 4.74 Å². The maximum atomic E-state index is 10.9. The lowest BCUT2D eigenvalue weighted by Crippen LogP contribution is -1.92. The van der Waals surface area contributed by atoms with Gasteiger partial charge in [0.1, 0.15) is 5.75 Å². The normalized spacial score (nSPS) is 10.8. The molecule has 0 heterocycles. The van der Waals surface area contributed by atoms with Gasteiger partial charge in [0, 0.05) is 12.3 Å². The molecular formula is C16H16N2O3. The Morgan fingerprint density at radius 1 is 1.24 bits per heavy atom. The van der Waals surface area contributed by atoms with Crippen molar-refractivity contribution in [1.29, 1.82) is 0 Å². The van der Waals surface area contributed by atoms with Crippen LogP contribution in [0, 0.1) is 17.0 Å². The standard InChI is InChI=1S/C16H16N2O3/c1-3-21-14-9-7-13(8-10-14)11-17-15-5-4-6-16(12(15)2)18(19)20/h4-11H,3H2,1-2H3. The van der Waals surface area contributed by atoms with E-state index in [0.717, 1.165) is 11.3 Å². The fourth-order valence-corrected chi connectivity index (χ4v) is 1.91. The van der Waals surface area contributed by atoms with Crippen LogP contribution in [-0.4, -0.2) is 17.7 Å². The summed E-state index contributed by atoms with van der Waals surface area (Å²) in [4.78, 5) is 14.8. The molecule has 0 bridgehead atoms. The van der Waals surface area contributed by atoms with Gasteiger partial charge in [0.05, 0.1) is 22.8 Å². The average Bonchev–Trinajstić information content (AvgIpc) is 2.48. The van der Waals surface area contributed by atoms with Crippen LogP contribution in [0.2, 0.25) is 0 Å². The Labute approximate surface area is 123 Å². The minimum atomic E-state index is -0.398.